The molecule has 136 valence electrons. The fraction of sp³-hybridized carbons (Fsp3) is 0.800. The van der Waals surface area contributed by atoms with Crippen LogP contribution in [-0.4, -0.2) is 74.8 Å². The molecular formula is C15H25N3O4S2. The van der Waals surface area contributed by atoms with Crippen LogP contribution < -0.4 is 5.32 Å². The van der Waals surface area contributed by atoms with Crippen molar-refractivity contribution in [3.8, 4) is 0 Å². The van der Waals surface area contributed by atoms with Crippen molar-refractivity contribution in [2.45, 2.75) is 50.3 Å². The first-order valence-electron chi connectivity index (χ1n) is 7.77. The predicted octanol–water partition coefficient (Wildman–Crippen LogP) is 1.87. The molecule has 0 aromatic carbocycles. The van der Waals surface area contributed by atoms with Crippen molar-refractivity contribution in [3.63, 3.8) is 0 Å². The average molecular weight is 376 g/mol. The molecule has 0 aromatic rings. The van der Waals surface area contributed by atoms with Gasteiger partial charge in [-0.3, -0.25) is 14.7 Å². The molecule has 0 aliphatic carbocycles. The van der Waals surface area contributed by atoms with Gasteiger partial charge in [0.25, 0.3) is 0 Å². The third kappa shape index (κ3) is 4.37. The Balaban J connectivity index is 1.90. The van der Waals surface area contributed by atoms with Crippen LogP contribution in [0.4, 0.5) is 4.79 Å². The van der Waals surface area contributed by atoms with Gasteiger partial charge in [0.1, 0.15) is 11.1 Å². The predicted molar refractivity (Wildman–Crippen MR) is 98.0 cm³/mol. The summed E-state index contributed by atoms with van der Waals surface area (Å²) in [7, 11) is 1.84. The zero-order chi connectivity index (χ0) is 18.1. The number of alkyl carbamates (subject to hydrolysis) is 1. The molecule has 0 spiro atoms. The van der Waals surface area contributed by atoms with Gasteiger partial charge in [-0.15, -0.1) is 23.5 Å². The molecule has 2 unspecified atom stereocenters. The number of hydrogen-bond donors (Lipinski definition) is 2. The lowest BCUT2D eigenvalue weighted by Crippen LogP contribution is -2.52. The molecule has 1 saturated heterocycles. The summed E-state index contributed by atoms with van der Waals surface area (Å²) >= 11 is 3.23. The molecule has 0 saturated carbocycles. The number of carboxylic acid groups (broad SMARTS) is 1. The molecule has 2 rings (SSSR count). The standard InChI is InChI=1S/C15H25N3O4S2/c1-14(2,3)22-13(21)16-6-10-17-9(7-23-10)11-18(5)15(4,8-24-11)12(19)20/h9,11H,6-8H2,1-5H3,(H,16,21)(H,19,20)/t9?,11?,15-/m0/s1. The van der Waals surface area contributed by atoms with Crippen molar-refractivity contribution in [2.75, 3.05) is 25.1 Å². The highest BCUT2D eigenvalue weighted by atomic mass is 32.2. The smallest absolute Gasteiger partial charge is 0.407 e. The number of amides is 1. The van der Waals surface area contributed by atoms with Crippen molar-refractivity contribution < 1.29 is 19.4 Å². The van der Waals surface area contributed by atoms with E-state index in [0.717, 1.165) is 10.8 Å². The number of aliphatic carboxylic acids is 1. The van der Waals surface area contributed by atoms with E-state index in [2.05, 4.69) is 10.3 Å². The van der Waals surface area contributed by atoms with Crippen LogP contribution in [0.25, 0.3) is 0 Å². The largest absolute Gasteiger partial charge is 0.480 e. The minimum atomic E-state index is -0.854. The van der Waals surface area contributed by atoms with E-state index >= 15 is 0 Å². The van der Waals surface area contributed by atoms with Crippen LogP contribution in [0.1, 0.15) is 27.7 Å². The number of likely N-dealkylation sites (N-methyl/N-ethyl adjacent to an activating group) is 1. The van der Waals surface area contributed by atoms with Gasteiger partial charge >= 0.3 is 12.1 Å². The van der Waals surface area contributed by atoms with E-state index in [-0.39, 0.29) is 11.4 Å². The summed E-state index contributed by atoms with van der Waals surface area (Å²) in [5.41, 5.74) is -1.38. The molecule has 2 heterocycles. The highest BCUT2D eigenvalue weighted by Crippen LogP contribution is 2.40. The first kappa shape index (κ1) is 19.4. The van der Waals surface area contributed by atoms with Crippen LogP contribution >= 0.6 is 23.5 Å². The van der Waals surface area contributed by atoms with Gasteiger partial charge in [-0.25, -0.2) is 4.79 Å². The fourth-order valence-corrected chi connectivity index (χ4v) is 5.25. The minimum absolute atomic E-state index is 0.0293. The number of nitrogens with one attached hydrogen (secondary N) is 1. The quantitative estimate of drug-likeness (QED) is 0.775. The number of hydrogen-bond acceptors (Lipinski definition) is 7. The van der Waals surface area contributed by atoms with Crippen LogP contribution in [0.2, 0.25) is 0 Å². The van der Waals surface area contributed by atoms with Gasteiger partial charge in [0, 0.05) is 11.5 Å². The van der Waals surface area contributed by atoms with Gasteiger partial charge in [-0.05, 0) is 34.7 Å². The third-order valence-electron chi connectivity index (χ3n) is 4.00. The number of carbonyl (C=O) groups excluding carboxylic acids is 1. The monoisotopic (exact) mass is 375 g/mol. The molecule has 2 N–H and O–H groups in total. The summed E-state index contributed by atoms with van der Waals surface area (Å²) in [5.74, 6) is 0.538. The highest BCUT2D eigenvalue weighted by molar-refractivity contribution is 8.14. The molecule has 9 heteroatoms. The van der Waals surface area contributed by atoms with Crippen LogP contribution in [0.15, 0.2) is 4.99 Å². The van der Waals surface area contributed by atoms with E-state index in [0.29, 0.717) is 12.3 Å². The van der Waals surface area contributed by atoms with E-state index in [1.165, 1.54) is 0 Å². The Kier molecular flexibility index (Phi) is 5.76. The van der Waals surface area contributed by atoms with Gasteiger partial charge < -0.3 is 15.2 Å². The molecule has 0 aromatic heterocycles. The number of carbonyl (C=O) groups is 2. The Hall–Kier alpha value is -0.930. The molecule has 0 bridgehead atoms. The molecule has 0 radical (unpaired) electrons. The summed E-state index contributed by atoms with van der Waals surface area (Å²) in [4.78, 5) is 29.8. The van der Waals surface area contributed by atoms with Crippen molar-refractivity contribution in [3.05, 3.63) is 0 Å². The van der Waals surface area contributed by atoms with Crippen molar-refractivity contribution in [1.82, 2.24) is 10.2 Å². The van der Waals surface area contributed by atoms with E-state index < -0.39 is 23.2 Å². The second-order valence-corrected chi connectivity index (χ2v) is 9.35. The lowest BCUT2D eigenvalue weighted by molar-refractivity contribution is -0.147. The van der Waals surface area contributed by atoms with Crippen LogP contribution in [0.3, 0.4) is 0 Å². The molecule has 2 aliphatic rings. The number of ether oxygens (including phenoxy) is 1. The minimum Gasteiger partial charge on any atom is -0.480 e. The normalized spacial score (nSPS) is 31.0. The second-order valence-electron chi connectivity index (χ2n) is 7.15. The van der Waals surface area contributed by atoms with Crippen LogP contribution in [0.5, 0.6) is 0 Å². The van der Waals surface area contributed by atoms with Crippen LogP contribution in [0, 0.1) is 0 Å². The molecule has 3 atom stereocenters. The van der Waals surface area contributed by atoms with Crippen molar-refractivity contribution in [2.24, 2.45) is 4.99 Å². The topological polar surface area (TPSA) is 91.2 Å². The average Bonchev–Trinajstić information content (AvgIpc) is 3.02. The van der Waals surface area contributed by atoms with Gasteiger partial charge in [-0.2, -0.15) is 0 Å². The number of carboxylic acids is 1. The Morgan fingerprint density at radius 2 is 2.17 bits per heavy atom. The van der Waals surface area contributed by atoms with E-state index in [4.69, 9.17) is 4.74 Å². The van der Waals surface area contributed by atoms with E-state index in [1.807, 2.05) is 32.7 Å². The number of rotatable bonds is 4. The summed E-state index contributed by atoms with van der Waals surface area (Å²) in [6, 6.07) is 0.0293. The van der Waals surface area contributed by atoms with E-state index in [9.17, 15) is 14.7 Å². The summed E-state index contributed by atoms with van der Waals surface area (Å²) < 4.78 is 5.20. The Morgan fingerprint density at radius 1 is 1.50 bits per heavy atom. The van der Waals surface area contributed by atoms with Gasteiger partial charge in [-0.1, -0.05) is 0 Å². The zero-order valence-corrected chi connectivity index (χ0v) is 16.3. The third-order valence-corrected chi connectivity index (χ3v) is 6.79. The number of aliphatic imine (C=N–C) groups is 1. The van der Waals surface area contributed by atoms with Gasteiger partial charge in [0.05, 0.1) is 23.0 Å². The molecular weight excluding hydrogens is 350 g/mol. The first-order valence-corrected chi connectivity index (χ1v) is 9.80. The Labute approximate surface area is 151 Å². The molecule has 2 aliphatic heterocycles. The maximum Gasteiger partial charge on any atom is 0.407 e. The Bertz CT molecular complexity index is 549. The van der Waals surface area contributed by atoms with Gasteiger partial charge in [0.2, 0.25) is 0 Å². The molecule has 1 amide bonds. The molecule has 7 nitrogen and oxygen atoms in total. The summed E-state index contributed by atoms with van der Waals surface area (Å²) in [5, 5.41) is 13.0. The molecule has 24 heavy (non-hydrogen) atoms. The highest BCUT2D eigenvalue weighted by Gasteiger charge is 2.50. The number of nitrogens with zero attached hydrogens (tertiary/aromatic N) is 2. The zero-order valence-electron chi connectivity index (χ0n) is 14.7. The summed E-state index contributed by atoms with van der Waals surface area (Å²) in [6.45, 7) is 7.54. The first-order chi connectivity index (χ1) is 11.0. The second kappa shape index (κ2) is 7.13. The van der Waals surface area contributed by atoms with Crippen molar-refractivity contribution >= 4 is 40.6 Å². The van der Waals surface area contributed by atoms with Crippen molar-refractivity contribution in [1.29, 1.82) is 0 Å². The fourth-order valence-electron chi connectivity index (χ4n) is 2.47. The van der Waals surface area contributed by atoms with Gasteiger partial charge in [0.15, 0.2) is 0 Å². The van der Waals surface area contributed by atoms with E-state index in [1.54, 1.807) is 30.4 Å². The lowest BCUT2D eigenvalue weighted by atomic mass is 10.0. The molecule has 1 fully saturated rings. The summed E-state index contributed by atoms with van der Waals surface area (Å²) in [6.07, 6.45) is -0.458. The Morgan fingerprint density at radius 3 is 2.71 bits per heavy atom. The SMILES string of the molecule is CN1C(C2CSC(CNC(=O)OC(C)(C)C)=N2)SC[C@@]1(C)C(=O)O. The lowest BCUT2D eigenvalue weighted by Gasteiger charge is -2.31. The maximum absolute atomic E-state index is 11.7. The maximum atomic E-state index is 11.7. The number of thioether (sulfide) groups is 2. The van der Waals surface area contributed by atoms with Crippen LogP contribution in [-0.2, 0) is 9.53 Å².